The van der Waals surface area contributed by atoms with Crippen LogP contribution in [-0.2, 0) is 11.2 Å². The third-order valence-corrected chi connectivity index (χ3v) is 4.90. The highest BCUT2D eigenvalue weighted by Crippen LogP contribution is 2.24. The summed E-state index contributed by atoms with van der Waals surface area (Å²) < 4.78 is 10.3. The summed E-state index contributed by atoms with van der Waals surface area (Å²) in [6.07, 6.45) is 1.71. The van der Waals surface area contributed by atoms with Gasteiger partial charge >= 0.3 is 0 Å². The van der Waals surface area contributed by atoms with Crippen LogP contribution >= 0.6 is 22.7 Å². The molecule has 0 atom stereocenters. The summed E-state index contributed by atoms with van der Waals surface area (Å²) in [6.45, 7) is 0. The van der Waals surface area contributed by atoms with Crippen molar-refractivity contribution < 1.29 is 19.1 Å². The fourth-order valence-electron chi connectivity index (χ4n) is 2.17. The second kappa shape index (κ2) is 8.60. The van der Waals surface area contributed by atoms with Crippen LogP contribution in [0, 0.1) is 0 Å². The zero-order valence-corrected chi connectivity index (χ0v) is 16.1. The minimum Gasteiger partial charge on any atom is -0.497 e. The third kappa shape index (κ3) is 5.02. The molecular weight excluding hydrogens is 388 g/mol. The Kier molecular flexibility index (Phi) is 5.99. The smallest absolute Gasteiger partial charge is 0.257 e. The first-order valence-electron chi connectivity index (χ1n) is 7.75. The Morgan fingerprint density at radius 1 is 1.04 bits per heavy atom. The number of carbonyl (C=O) groups excluding carboxylic acids is 2. The molecule has 0 fully saturated rings. The molecule has 0 unspecified atom stereocenters. The number of nitrogens with one attached hydrogen (secondary N) is 2. The van der Waals surface area contributed by atoms with Crippen LogP contribution in [0.1, 0.15) is 16.1 Å². The van der Waals surface area contributed by atoms with Crippen molar-refractivity contribution in [2.45, 2.75) is 6.42 Å². The lowest BCUT2D eigenvalue weighted by molar-refractivity contribution is -0.115. The Morgan fingerprint density at radius 3 is 2.41 bits per heavy atom. The van der Waals surface area contributed by atoms with E-state index in [0.29, 0.717) is 33.0 Å². The van der Waals surface area contributed by atoms with E-state index < -0.39 is 0 Å². The van der Waals surface area contributed by atoms with Crippen molar-refractivity contribution >= 4 is 44.8 Å². The minimum absolute atomic E-state index is 0.0962. The van der Waals surface area contributed by atoms with E-state index in [9.17, 15) is 9.59 Å². The summed E-state index contributed by atoms with van der Waals surface area (Å²) in [4.78, 5) is 32.7. The first kappa shape index (κ1) is 18.8. The number of hydrogen-bond acceptors (Lipinski definition) is 8. The minimum atomic E-state index is -0.347. The summed E-state index contributed by atoms with van der Waals surface area (Å²) in [5, 5.41) is 9.85. The monoisotopic (exact) mass is 404 g/mol. The Labute approximate surface area is 163 Å². The SMILES string of the molecule is COc1cc(OC)cc(C(=O)Nc2nc(CC(=O)Nc3nccs3)cs2)c1. The van der Waals surface area contributed by atoms with Gasteiger partial charge in [-0.05, 0) is 12.1 Å². The number of anilines is 2. The van der Waals surface area contributed by atoms with Crippen LogP contribution in [0.15, 0.2) is 35.2 Å². The standard InChI is InChI=1S/C17H16N4O4S2/c1-24-12-5-10(6-13(8-12)25-2)15(23)21-17-19-11(9-27-17)7-14(22)20-16-18-3-4-26-16/h3-6,8-9H,7H2,1-2H3,(H,18,20,22)(H,19,21,23). The average Bonchev–Trinajstić information content (AvgIpc) is 3.33. The molecule has 1 aromatic carbocycles. The molecule has 3 rings (SSSR count). The molecule has 0 spiro atoms. The van der Waals surface area contributed by atoms with Crippen molar-refractivity contribution in [3.63, 3.8) is 0 Å². The van der Waals surface area contributed by atoms with E-state index in [-0.39, 0.29) is 18.2 Å². The lowest BCUT2D eigenvalue weighted by atomic mass is 10.2. The van der Waals surface area contributed by atoms with Crippen LogP contribution in [0.2, 0.25) is 0 Å². The quantitative estimate of drug-likeness (QED) is 0.627. The summed E-state index contributed by atoms with van der Waals surface area (Å²) in [7, 11) is 3.03. The van der Waals surface area contributed by atoms with Crippen LogP contribution in [0.3, 0.4) is 0 Å². The van der Waals surface area contributed by atoms with Crippen molar-refractivity contribution in [2.24, 2.45) is 0 Å². The molecule has 10 heteroatoms. The van der Waals surface area contributed by atoms with E-state index in [1.54, 1.807) is 35.2 Å². The predicted molar refractivity (Wildman–Crippen MR) is 104 cm³/mol. The molecule has 0 saturated carbocycles. The van der Waals surface area contributed by atoms with Gasteiger partial charge in [0.25, 0.3) is 5.91 Å². The maximum atomic E-state index is 12.5. The third-order valence-electron chi connectivity index (χ3n) is 3.41. The number of amides is 2. The summed E-state index contributed by atoms with van der Waals surface area (Å²) in [6, 6.07) is 4.89. The van der Waals surface area contributed by atoms with Gasteiger partial charge in [-0.3, -0.25) is 14.9 Å². The van der Waals surface area contributed by atoms with Gasteiger partial charge in [0.15, 0.2) is 10.3 Å². The number of thiazole rings is 2. The number of hydrogen-bond donors (Lipinski definition) is 2. The Balaban J connectivity index is 1.63. The molecule has 0 aliphatic rings. The number of rotatable bonds is 7. The molecular formula is C17H16N4O4S2. The van der Waals surface area contributed by atoms with Crippen LogP contribution in [0.25, 0.3) is 0 Å². The molecule has 0 aliphatic heterocycles. The van der Waals surface area contributed by atoms with E-state index in [1.807, 2.05) is 0 Å². The largest absolute Gasteiger partial charge is 0.497 e. The van der Waals surface area contributed by atoms with Gasteiger partial charge in [-0.25, -0.2) is 9.97 Å². The maximum Gasteiger partial charge on any atom is 0.257 e. The maximum absolute atomic E-state index is 12.5. The fraction of sp³-hybridized carbons (Fsp3) is 0.176. The molecule has 2 amide bonds. The van der Waals surface area contributed by atoms with Gasteiger partial charge in [0.2, 0.25) is 5.91 Å². The summed E-state index contributed by atoms with van der Waals surface area (Å²) in [5.41, 5.74) is 0.942. The first-order valence-corrected chi connectivity index (χ1v) is 9.51. The van der Waals surface area contributed by atoms with E-state index in [1.165, 1.54) is 36.9 Å². The van der Waals surface area contributed by atoms with Gasteiger partial charge in [-0.1, -0.05) is 0 Å². The second-order valence-electron chi connectivity index (χ2n) is 5.26. The number of benzene rings is 1. The number of nitrogens with zero attached hydrogens (tertiary/aromatic N) is 2. The second-order valence-corrected chi connectivity index (χ2v) is 7.01. The van der Waals surface area contributed by atoms with E-state index in [2.05, 4.69) is 20.6 Å². The Bertz CT molecular complexity index is 918. The summed E-state index contributed by atoms with van der Waals surface area (Å²) >= 11 is 2.58. The van der Waals surface area contributed by atoms with Crippen molar-refractivity contribution in [2.75, 3.05) is 24.9 Å². The van der Waals surface area contributed by atoms with Crippen LogP contribution in [0.4, 0.5) is 10.3 Å². The lowest BCUT2D eigenvalue weighted by Gasteiger charge is -2.08. The number of methoxy groups -OCH3 is 2. The first-order chi connectivity index (χ1) is 13.1. The molecule has 140 valence electrons. The van der Waals surface area contributed by atoms with Gasteiger partial charge in [-0.15, -0.1) is 22.7 Å². The van der Waals surface area contributed by atoms with Gasteiger partial charge in [0.1, 0.15) is 11.5 Å². The van der Waals surface area contributed by atoms with Gasteiger partial charge in [0, 0.05) is 28.6 Å². The van der Waals surface area contributed by atoms with Crippen LogP contribution in [0.5, 0.6) is 11.5 Å². The molecule has 27 heavy (non-hydrogen) atoms. The fourth-order valence-corrected chi connectivity index (χ4v) is 3.42. The number of ether oxygens (including phenoxy) is 2. The van der Waals surface area contributed by atoms with Crippen LogP contribution < -0.4 is 20.1 Å². The molecule has 2 heterocycles. The highest BCUT2D eigenvalue weighted by Gasteiger charge is 2.14. The molecule has 8 nitrogen and oxygen atoms in total. The van der Waals surface area contributed by atoms with Gasteiger partial charge < -0.3 is 14.8 Å². The molecule has 0 saturated heterocycles. The predicted octanol–water partition coefficient (Wildman–Crippen LogP) is 3.05. The van der Waals surface area contributed by atoms with E-state index in [4.69, 9.17) is 9.47 Å². The van der Waals surface area contributed by atoms with E-state index in [0.717, 1.165) is 0 Å². The van der Waals surface area contributed by atoms with Crippen molar-refractivity contribution in [1.82, 2.24) is 9.97 Å². The molecule has 3 aromatic rings. The van der Waals surface area contributed by atoms with Gasteiger partial charge in [0.05, 0.1) is 26.3 Å². The summed E-state index contributed by atoms with van der Waals surface area (Å²) in [5.74, 6) is 0.461. The highest BCUT2D eigenvalue weighted by molar-refractivity contribution is 7.14. The molecule has 2 N–H and O–H groups in total. The average molecular weight is 404 g/mol. The van der Waals surface area contributed by atoms with E-state index >= 15 is 0 Å². The van der Waals surface area contributed by atoms with Crippen molar-refractivity contribution in [1.29, 1.82) is 0 Å². The van der Waals surface area contributed by atoms with Gasteiger partial charge in [-0.2, -0.15) is 0 Å². The van der Waals surface area contributed by atoms with Crippen molar-refractivity contribution in [3.8, 4) is 11.5 Å². The highest BCUT2D eigenvalue weighted by atomic mass is 32.1. The Hall–Kier alpha value is -2.98. The van der Waals surface area contributed by atoms with Crippen LogP contribution in [-0.4, -0.2) is 36.0 Å². The van der Waals surface area contributed by atoms with Crippen molar-refractivity contribution in [3.05, 3.63) is 46.4 Å². The molecule has 0 aliphatic carbocycles. The topological polar surface area (TPSA) is 102 Å². The number of aromatic nitrogens is 2. The lowest BCUT2D eigenvalue weighted by Crippen LogP contribution is -2.15. The Morgan fingerprint density at radius 2 is 1.78 bits per heavy atom. The molecule has 0 bridgehead atoms. The molecule has 0 radical (unpaired) electrons. The molecule has 2 aromatic heterocycles. The zero-order chi connectivity index (χ0) is 19.2. The zero-order valence-electron chi connectivity index (χ0n) is 14.5. The number of carbonyl (C=O) groups is 2. The normalized spacial score (nSPS) is 10.3.